The van der Waals surface area contributed by atoms with Crippen molar-refractivity contribution in [1.29, 1.82) is 0 Å². The first-order chi connectivity index (χ1) is 33.0. The monoisotopic (exact) mass is 947 g/mol. The summed E-state index contributed by atoms with van der Waals surface area (Å²) in [5, 5.41) is 0. The van der Waals surface area contributed by atoms with E-state index in [-0.39, 0.29) is 31.1 Å². The van der Waals surface area contributed by atoms with Crippen LogP contribution in [0.15, 0.2) is 0 Å². The summed E-state index contributed by atoms with van der Waals surface area (Å²) in [5.74, 6) is -0.855. The Morgan fingerprint density at radius 3 is 0.597 bits per heavy atom. The largest absolute Gasteiger partial charge is 0.462 e. The van der Waals surface area contributed by atoms with Crippen molar-refractivity contribution in [2.75, 3.05) is 13.2 Å². The van der Waals surface area contributed by atoms with Gasteiger partial charge in [0.2, 0.25) is 0 Å². The SMILES string of the molecule is CCCCCCCCCCCCCCCCCCCCCCCCCCCCCCCCCCCCC(=O)OCC(COC(=O)CCCCCCCCC)OC(=O)CCCCCCCCCC. The van der Waals surface area contributed by atoms with Crippen LogP contribution in [0.5, 0.6) is 0 Å². The molecule has 0 saturated heterocycles. The van der Waals surface area contributed by atoms with Gasteiger partial charge in [-0.2, -0.15) is 0 Å². The summed E-state index contributed by atoms with van der Waals surface area (Å²) in [4.78, 5) is 37.7. The van der Waals surface area contributed by atoms with E-state index in [2.05, 4.69) is 20.8 Å². The molecule has 0 saturated carbocycles. The maximum atomic E-state index is 12.7. The van der Waals surface area contributed by atoms with Gasteiger partial charge in [0.15, 0.2) is 6.10 Å². The van der Waals surface area contributed by atoms with Crippen LogP contribution in [0.2, 0.25) is 0 Å². The average Bonchev–Trinajstić information content (AvgIpc) is 3.33. The first kappa shape index (κ1) is 65.4. The van der Waals surface area contributed by atoms with Crippen LogP contribution in [0.25, 0.3) is 0 Å². The molecule has 0 aromatic rings. The van der Waals surface area contributed by atoms with Crippen molar-refractivity contribution in [2.24, 2.45) is 0 Å². The Morgan fingerprint density at radius 1 is 0.239 bits per heavy atom. The summed E-state index contributed by atoms with van der Waals surface area (Å²) in [7, 11) is 0. The van der Waals surface area contributed by atoms with Gasteiger partial charge in [-0.3, -0.25) is 14.4 Å². The molecule has 0 rings (SSSR count). The van der Waals surface area contributed by atoms with Crippen molar-refractivity contribution in [1.82, 2.24) is 0 Å². The number of carbonyl (C=O) groups is 3. The van der Waals surface area contributed by atoms with Crippen LogP contribution >= 0.6 is 0 Å². The minimum absolute atomic E-state index is 0.0631. The summed E-state index contributed by atoms with van der Waals surface area (Å²) < 4.78 is 16.7. The van der Waals surface area contributed by atoms with Crippen LogP contribution in [-0.4, -0.2) is 37.2 Å². The molecule has 1 atom stereocenters. The second-order valence-corrected chi connectivity index (χ2v) is 21.0. The molecule has 0 aromatic carbocycles. The van der Waals surface area contributed by atoms with Crippen molar-refractivity contribution >= 4 is 17.9 Å². The number of unbranched alkanes of at least 4 members (excludes halogenated alkanes) is 46. The lowest BCUT2D eigenvalue weighted by Crippen LogP contribution is -2.30. The fourth-order valence-electron chi connectivity index (χ4n) is 9.51. The molecule has 67 heavy (non-hydrogen) atoms. The summed E-state index contributed by atoms with van der Waals surface area (Å²) in [6.45, 7) is 6.62. The number of rotatable bonds is 57. The van der Waals surface area contributed by atoms with Gasteiger partial charge < -0.3 is 14.2 Å². The Kier molecular flexibility index (Phi) is 55.6. The normalized spacial score (nSPS) is 11.9. The quantitative estimate of drug-likeness (QED) is 0.0343. The molecule has 0 bridgehead atoms. The zero-order valence-electron chi connectivity index (χ0n) is 45.7. The molecule has 0 fully saturated rings. The minimum atomic E-state index is -0.758. The molecule has 0 heterocycles. The van der Waals surface area contributed by atoms with E-state index in [1.54, 1.807) is 0 Å². The van der Waals surface area contributed by atoms with Gasteiger partial charge in [-0.15, -0.1) is 0 Å². The number of hydrogen-bond donors (Lipinski definition) is 0. The molecular weight excluding hydrogens is 829 g/mol. The molecule has 0 aliphatic heterocycles. The second-order valence-electron chi connectivity index (χ2n) is 21.0. The maximum absolute atomic E-state index is 12.7. The van der Waals surface area contributed by atoms with E-state index in [4.69, 9.17) is 14.2 Å². The highest BCUT2D eigenvalue weighted by Gasteiger charge is 2.19. The van der Waals surface area contributed by atoms with E-state index in [1.165, 1.54) is 257 Å². The summed E-state index contributed by atoms with van der Waals surface area (Å²) in [6.07, 6.45) is 64.7. The Labute approximate surface area is 418 Å². The van der Waals surface area contributed by atoms with Gasteiger partial charge in [-0.05, 0) is 19.3 Å². The third-order valence-corrected chi connectivity index (χ3v) is 14.1. The first-order valence-electron chi connectivity index (χ1n) is 30.5. The number of esters is 3. The van der Waals surface area contributed by atoms with Crippen LogP contribution < -0.4 is 0 Å². The standard InChI is InChI=1S/C61H118O6/c1-4-7-10-13-16-18-19-20-21-22-23-24-25-26-27-28-29-30-31-32-33-34-35-36-37-38-39-40-41-42-43-46-48-51-54-60(63)66-57-58(56-65-59(62)53-50-47-44-15-12-9-6-3)67-61(64)55-52-49-45-17-14-11-8-5-2/h58H,4-57H2,1-3H3. The average molecular weight is 948 g/mol. The van der Waals surface area contributed by atoms with Crippen molar-refractivity contribution < 1.29 is 28.6 Å². The second kappa shape index (κ2) is 57.0. The molecular formula is C61H118O6. The Balaban J connectivity index is 3.76. The van der Waals surface area contributed by atoms with E-state index in [9.17, 15) is 14.4 Å². The predicted molar refractivity (Wildman–Crippen MR) is 289 cm³/mol. The van der Waals surface area contributed by atoms with Crippen molar-refractivity contribution in [2.45, 2.75) is 361 Å². The first-order valence-corrected chi connectivity index (χ1v) is 30.5. The summed E-state index contributed by atoms with van der Waals surface area (Å²) in [6, 6.07) is 0. The van der Waals surface area contributed by atoms with Crippen LogP contribution in [0.3, 0.4) is 0 Å². The lowest BCUT2D eigenvalue weighted by molar-refractivity contribution is -0.167. The van der Waals surface area contributed by atoms with Crippen LogP contribution in [0.4, 0.5) is 0 Å². The summed E-state index contributed by atoms with van der Waals surface area (Å²) >= 11 is 0. The lowest BCUT2D eigenvalue weighted by Gasteiger charge is -2.18. The number of hydrogen-bond acceptors (Lipinski definition) is 6. The Morgan fingerprint density at radius 2 is 0.403 bits per heavy atom. The Hall–Kier alpha value is -1.59. The molecule has 6 nitrogen and oxygen atoms in total. The fraction of sp³-hybridized carbons (Fsp3) is 0.951. The minimum Gasteiger partial charge on any atom is -0.462 e. The van der Waals surface area contributed by atoms with Gasteiger partial charge in [0, 0.05) is 19.3 Å². The van der Waals surface area contributed by atoms with E-state index >= 15 is 0 Å². The highest BCUT2D eigenvalue weighted by molar-refractivity contribution is 5.71. The maximum Gasteiger partial charge on any atom is 0.306 e. The highest BCUT2D eigenvalue weighted by atomic mass is 16.6. The molecule has 398 valence electrons. The molecule has 1 unspecified atom stereocenters. The smallest absolute Gasteiger partial charge is 0.306 e. The molecule has 0 amide bonds. The topological polar surface area (TPSA) is 78.9 Å². The third kappa shape index (κ3) is 55.2. The molecule has 0 aliphatic rings. The zero-order chi connectivity index (χ0) is 48.6. The zero-order valence-corrected chi connectivity index (χ0v) is 45.7. The van der Waals surface area contributed by atoms with E-state index < -0.39 is 6.10 Å². The molecule has 0 spiro atoms. The van der Waals surface area contributed by atoms with Crippen LogP contribution in [-0.2, 0) is 28.6 Å². The summed E-state index contributed by atoms with van der Waals surface area (Å²) in [5.41, 5.74) is 0. The van der Waals surface area contributed by atoms with Gasteiger partial charge in [-0.1, -0.05) is 316 Å². The molecule has 0 radical (unpaired) electrons. The van der Waals surface area contributed by atoms with Gasteiger partial charge in [0.25, 0.3) is 0 Å². The van der Waals surface area contributed by atoms with Gasteiger partial charge in [-0.25, -0.2) is 0 Å². The van der Waals surface area contributed by atoms with Gasteiger partial charge in [0.1, 0.15) is 13.2 Å². The molecule has 0 aliphatic carbocycles. The molecule has 0 N–H and O–H groups in total. The Bertz CT molecular complexity index is 998. The fourth-order valence-corrected chi connectivity index (χ4v) is 9.51. The van der Waals surface area contributed by atoms with Crippen molar-refractivity contribution in [3.8, 4) is 0 Å². The third-order valence-electron chi connectivity index (χ3n) is 14.1. The highest BCUT2D eigenvalue weighted by Crippen LogP contribution is 2.18. The molecule has 6 heteroatoms. The van der Waals surface area contributed by atoms with Crippen molar-refractivity contribution in [3.05, 3.63) is 0 Å². The number of ether oxygens (including phenoxy) is 3. The lowest BCUT2D eigenvalue weighted by atomic mass is 10.0. The van der Waals surface area contributed by atoms with E-state index in [0.717, 1.165) is 57.8 Å². The van der Waals surface area contributed by atoms with Crippen molar-refractivity contribution in [3.63, 3.8) is 0 Å². The van der Waals surface area contributed by atoms with Gasteiger partial charge in [0.05, 0.1) is 0 Å². The van der Waals surface area contributed by atoms with Gasteiger partial charge >= 0.3 is 17.9 Å². The molecule has 0 aromatic heterocycles. The van der Waals surface area contributed by atoms with Crippen LogP contribution in [0, 0.1) is 0 Å². The van der Waals surface area contributed by atoms with E-state index in [1.807, 2.05) is 0 Å². The van der Waals surface area contributed by atoms with E-state index in [0.29, 0.717) is 19.3 Å². The van der Waals surface area contributed by atoms with Crippen LogP contribution in [0.1, 0.15) is 355 Å². The number of carbonyl (C=O) groups excluding carboxylic acids is 3. The predicted octanol–water partition coefficient (Wildman–Crippen LogP) is 20.3.